The number of halogens is 1. The van der Waals surface area contributed by atoms with Gasteiger partial charge in [0.15, 0.2) is 0 Å². The Morgan fingerprint density at radius 1 is 1.17 bits per heavy atom. The fourth-order valence-corrected chi connectivity index (χ4v) is 6.43. The Hall–Kier alpha value is -2.05. The standard InChI is InChI=1S/C22H22BrN3O3S/c23-17-3-6-20(15(13-17)14-24)29-19-4-1-16(2-5-19)22-9-7-18(8-10-22)26-11-12-30(27,28)25-21(22)26/h1-6,13,18,27-28H,7-12H2. The molecule has 1 saturated carbocycles. The number of amidine groups is 1. The van der Waals surface area contributed by atoms with Gasteiger partial charge in [0.2, 0.25) is 0 Å². The van der Waals surface area contributed by atoms with Crippen molar-refractivity contribution in [2.75, 3.05) is 12.3 Å². The van der Waals surface area contributed by atoms with Crippen LogP contribution in [-0.2, 0) is 5.41 Å². The summed E-state index contributed by atoms with van der Waals surface area (Å²) in [6.45, 7) is 0.662. The molecule has 4 aliphatic rings. The number of nitrogens with zero attached hydrogens (tertiary/aromatic N) is 3. The molecular formula is C22H22BrN3O3S. The van der Waals surface area contributed by atoms with Crippen molar-refractivity contribution in [3.63, 3.8) is 0 Å². The van der Waals surface area contributed by atoms with Crippen molar-refractivity contribution in [1.29, 1.82) is 5.26 Å². The van der Waals surface area contributed by atoms with Gasteiger partial charge in [-0.05, 0) is 61.6 Å². The Morgan fingerprint density at radius 3 is 2.60 bits per heavy atom. The molecule has 0 amide bonds. The average molecular weight is 488 g/mol. The Kier molecular flexibility index (Phi) is 4.82. The largest absolute Gasteiger partial charge is 0.456 e. The van der Waals surface area contributed by atoms with Gasteiger partial charge in [-0.3, -0.25) is 9.11 Å². The molecule has 8 heteroatoms. The van der Waals surface area contributed by atoms with Crippen LogP contribution in [0.2, 0.25) is 0 Å². The lowest BCUT2D eigenvalue weighted by molar-refractivity contribution is 0.150. The summed E-state index contributed by atoms with van der Waals surface area (Å²) in [5, 5.41) is 9.35. The number of hydrogen-bond donors (Lipinski definition) is 2. The summed E-state index contributed by atoms with van der Waals surface area (Å²) < 4.78 is 31.7. The van der Waals surface area contributed by atoms with Crippen molar-refractivity contribution in [2.45, 2.75) is 37.1 Å². The van der Waals surface area contributed by atoms with Crippen molar-refractivity contribution >= 4 is 32.5 Å². The topological polar surface area (TPSA) is 89.1 Å². The first-order chi connectivity index (χ1) is 14.4. The number of rotatable bonds is 3. The summed E-state index contributed by atoms with van der Waals surface area (Å²) in [5.74, 6) is 2.35. The highest BCUT2D eigenvalue weighted by atomic mass is 79.9. The third-order valence-corrected chi connectivity index (χ3v) is 8.17. The summed E-state index contributed by atoms with van der Waals surface area (Å²) >= 11 is 3.37. The lowest BCUT2D eigenvalue weighted by Crippen LogP contribution is -2.62. The second-order valence-corrected chi connectivity index (χ2v) is 10.9. The molecule has 0 spiro atoms. The number of ether oxygens (including phenoxy) is 1. The smallest absolute Gasteiger partial charge is 0.145 e. The molecule has 0 aromatic heterocycles. The number of fused-ring (bicyclic) bond motifs is 2. The van der Waals surface area contributed by atoms with Crippen LogP contribution in [0.1, 0.15) is 36.8 Å². The van der Waals surface area contributed by atoms with Gasteiger partial charge in [-0.15, -0.1) is 4.40 Å². The van der Waals surface area contributed by atoms with Gasteiger partial charge in [-0.2, -0.15) is 5.26 Å². The Balaban J connectivity index is 1.47. The second kappa shape index (κ2) is 7.27. The van der Waals surface area contributed by atoms with Gasteiger partial charge in [-0.1, -0.05) is 38.8 Å². The van der Waals surface area contributed by atoms with Crippen molar-refractivity contribution in [1.82, 2.24) is 4.90 Å². The first-order valence-electron chi connectivity index (χ1n) is 10.0. The maximum absolute atomic E-state index is 10.3. The highest BCUT2D eigenvalue weighted by Gasteiger charge is 2.52. The average Bonchev–Trinajstić information content (AvgIpc) is 2.75. The third-order valence-electron chi connectivity index (χ3n) is 6.49. The molecule has 2 bridgehead atoms. The second-order valence-electron chi connectivity index (χ2n) is 8.14. The molecule has 2 N–H and O–H groups in total. The Bertz CT molecular complexity index is 1060. The summed E-state index contributed by atoms with van der Waals surface area (Å²) in [6, 6.07) is 15.9. The molecule has 0 atom stereocenters. The van der Waals surface area contributed by atoms with Gasteiger partial charge < -0.3 is 9.64 Å². The quantitative estimate of drug-likeness (QED) is 0.580. The zero-order chi connectivity index (χ0) is 20.9. The van der Waals surface area contributed by atoms with Crippen LogP contribution in [-0.4, -0.2) is 38.2 Å². The van der Waals surface area contributed by atoms with E-state index in [9.17, 15) is 14.4 Å². The van der Waals surface area contributed by atoms with Gasteiger partial charge in [0.05, 0.1) is 16.7 Å². The van der Waals surface area contributed by atoms with Gasteiger partial charge in [0, 0.05) is 17.1 Å². The molecule has 2 aromatic carbocycles. The van der Waals surface area contributed by atoms with Crippen molar-refractivity contribution in [3.8, 4) is 17.6 Å². The zero-order valence-electron chi connectivity index (χ0n) is 16.3. The van der Waals surface area contributed by atoms with E-state index in [1.54, 1.807) is 12.1 Å². The first-order valence-corrected chi connectivity index (χ1v) is 12.5. The van der Waals surface area contributed by atoms with Crippen LogP contribution in [0.5, 0.6) is 11.5 Å². The molecule has 6 nitrogen and oxygen atoms in total. The molecule has 1 aliphatic carbocycles. The van der Waals surface area contributed by atoms with Crippen LogP contribution in [0.15, 0.2) is 51.3 Å². The minimum Gasteiger partial charge on any atom is -0.456 e. The van der Waals surface area contributed by atoms with Crippen LogP contribution < -0.4 is 4.74 Å². The van der Waals surface area contributed by atoms with E-state index in [1.165, 1.54) is 0 Å². The van der Waals surface area contributed by atoms with Crippen molar-refractivity contribution < 1.29 is 13.8 Å². The lowest BCUT2D eigenvalue weighted by atomic mass is 9.63. The van der Waals surface area contributed by atoms with Crippen LogP contribution in [0.4, 0.5) is 0 Å². The van der Waals surface area contributed by atoms with E-state index in [0.29, 0.717) is 35.4 Å². The van der Waals surface area contributed by atoms with Crippen LogP contribution in [0, 0.1) is 11.3 Å². The predicted octanol–water partition coefficient (Wildman–Crippen LogP) is 5.69. The minimum atomic E-state index is -2.89. The van der Waals surface area contributed by atoms with E-state index >= 15 is 0 Å². The normalized spacial score (nSPS) is 27.6. The van der Waals surface area contributed by atoms with E-state index < -0.39 is 10.8 Å². The Labute approximate surface area is 185 Å². The SMILES string of the molecule is N#Cc1cc(Br)ccc1Oc1ccc(C23CCC(CC2)N2CCS(O)(O)N=C23)cc1. The van der Waals surface area contributed by atoms with E-state index in [-0.39, 0.29) is 5.41 Å². The zero-order valence-corrected chi connectivity index (χ0v) is 18.7. The predicted molar refractivity (Wildman–Crippen MR) is 121 cm³/mol. The van der Waals surface area contributed by atoms with E-state index in [4.69, 9.17) is 4.74 Å². The molecule has 156 valence electrons. The maximum atomic E-state index is 10.3. The fraction of sp³-hybridized carbons (Fsp3) is 0.364. The summed E-state index contributed by atoms with van der Waals surface area (Å²) in [6.07, 6.45) is 4.13. The van der Waals surface area contributed by atoms with Crippen molar-refractivity contribution in [2.24, 2.45) is 4.40 Å². The molecule has 2 saturated heterocycles. The third kappa shape index (κ3) is 3.30. The summed E-state index contributed by atoms with van der Waals surface area (Å²) in [7, 11) is -2.89. The molecular weight excluding hydrogens is 466 g/mol. The summed E-state index contributed by atoms with van der Waals surface area (Å²) in [4.78, 5) is 2.30. The first kappa shape index (κ1) is 19.9. The minimum absolute atomic E-state index is 0.271. The van der Waals surface area contributed by atoms with Crippen LogP contribution in [0.3, 0.4) is 0 Å². The maximum Gasteiger partial charge on any atom is 0.145 e. The molecule has 30 heavy (non-hydrogen) atoms. The highest BCUT2D eigenvalue weighted by Crippen LogP contribution is 2.54. The van der Waals surface area contributed by atoms with E-state index in [2.05, 4.69) is 31.3 Å². The van der Waals surface area contributed by atoms with Crippen LogP contribution in [0.25, 0.3) is 0 Å². The number of hydrogen-bond acceptors (Lipinski definition) is 6. The van der Waals surface area contributed by atoms with Gasteiger partial charge in [0.25, 0.3) is 0 Å². The molecule has 0 radical (unpaired) electrons. The van der Waals surface area contributed by atoms with E-state index in [1.807, 2.05) is 30.3 Å². The fourth-order valence-electron chi connectivity index (χ4n) is 4.98. The molecule has 3 aliphatic heterocycles. The van der Waals surface area contributed by atoms with Crippen LogP contribution >= 0.6 is 26.7 Å². The highest BCUT2D eigenvalue weighted by molar-refractivity contribution is 9.10. The Morgan fingerprint density at radius 2 is 1.90 bits per heavy atom. The molecule has 3 heterocycles. The lowest BCUT2D eigenvalue weighted by Gasteiger charge is -2.57. The molecule has 2 aromatic rings. The number of nitriles is 1. The van der Waals surface area contributed by atoms with E-state index in [0.717, 1.165) is 41.6 Å². The summed E-state index contributed by atoms with van der Waals surface area (Å²) in [5.41, 5.74) is 1.33. The monoisotopic (exact) mass is 487 g/mol. The molecule has 3 fully saturated rings. The van der Waals surface area contributed by atoms with Crippen molar-refractivity contribution in [3.05, 3.63) is 58.1 Å². The number of piperidine rings is 2. The molecule has 0 unspecified atom stereocenters. The number of benzene rings is 2. The van der Waals surface area contributed by atoms with Gasteiger partial charge >= 0.3 is 0 Å². The molecule has 6 rings (SSSR count). The van der Waals surface area contributed by atoms with Gasteiger partial charge in [0.1, 0.15) is 23.4 Å². The van der Waals surface area contributed by atoms with Gasteiger partial charge in [-0.25, -0.2) is 0 Å².